The Morgan fingerprint density at radius 3 is 2.64 bits per heavy atom. The van der Waals surface area contributed by atoms with Gasteiger partial charge in [0.2, 0.25) is 10.0 Å². The van der Waals surface area contributed by atoms with E-state index in [1.807, 2.05) is 17.5 Å². The van der Waals surface area contributed by atoms with Crippen LogP contribution in [0.4, 0.5) is 5.69 Å². The van der Waals surface area contributed by atoms with Crippen LogP contribution >= 0.6 is 11.3 Å². The van der Waals surface area contributed by atoms with Crippen molar-refractivity contribution in [1.29, 1.82) is 0 Å². The molecule has 0 saturated carbocycles. The van der Waals surface area contributed by atoms with E-state index >= 15 is 0 Å². The van der Waals surface area contributed by atoms with E-state index in [1.165, 1.54) is 18.2 Å². The average Bonchev–Trinajstić information content (AvgIpc) is 3.16. The monoisotopic (exact) mass is 382 g/mol. The lowest BCUT2D eigenvalue weighted by atomic mass is 9.79. The number of hydrogen-bond acceptors (Lipinski definition) is 6. The highest BCUT2D eigenvalue weighted by Gasteiger charge is 2.36. The molecule has 1 aromatic heterocycles. The molecule has 2 heterocycles. The molecule has 1 saturated heterocycles. The molecule has 0 atom stereocenters. The molecule has 25 heavy (non-hydrogen) atoms. The van der Waals surface area contributed by atoms with Gasteiger partial charge in [0, 0.05) is 42.2 Å². The van der Waals surface area contributed by atoms with Crippen LogP contribution < -0.4 is 4.72 Å². The van der Waals surface area contributed by atoms with Gasteiger partial charge in [-0.2, -0.15) is 0 Å². The molecule has 0 amide bonds. The fraction of sp³-hybridized carbons (Fsp3) is 0.375. The van der Waals surface area contributed by atoms with E-state index in [0.29, 0.717) is 13.2 Å². The van der Waals surface area contributed by atoms with Crippen LogP contribution in [0.3, 0.4) is 0 Å². The first kappa shape index (κ1) is 18.0. The summed E-state index contributed by atoms with van der Waals surface area (Å²) in [6.45, 7) is 1.40. The van der Waals surface area contributed by atoms with Gasteiger partial charge in [-0.15, -0.1) is 11.3 Å². The van der Waals surface area contributed by atoms with Crippen molar-refractivity contribution in [2.24, 2.45) is 0 Å². The zero-order chi connectivity index (χ0) is 17.9. The molecule has 0 unspecified atom stereocenters. The Morgan fingerprint density at radius 2 is 2.00 bits per heavy atom. The Morgan fingerprint density at radius 1 is 1.24 bits per heavy atom. The van der Waals surface area contributed by atoms with Crippen LogP contribution in [0, 0.1) is 10.1 Å². The number of non-ortho nitro benzene ring substituents is 1. The average molecular weight is 382 g/mol. The molecule has 1 N–H and O–H groups in total. The molecule has 2 aromatic rings. The molecule has 0 radical (unpaired) electrons. The summed E-state index contributed by atoms with van der Waals surface area (Å²) >= 11 is 1.60. The summed E-state index contributed by atoms with van der Waals surface area (Å²) in [5.41, 5.74) is -0.554. The molecule has 0 spiro atoms. The fourth-order valence-electron chi connectivity index (χ4n) is 2.93. The number of hydrogen-bond donors (Lipinski definition) is 1. The van der Waals surface area contributed by atoms with Crippen molar-refractivity contribution >= 4 is 27.0 Å². The highest BCUT2D eigenvalue weighted by molar-refractivity contribution is 7.89. The largest absolute Gasteiger partial charge is 0.381 e. The number of ether oxygens (including phenoxy) is 1. The van der Waals surface area contributed by atoms with Crippen LogP contribution in [0.25, 0.3) is 0 Å². The van der Waals surface area contributed by atoms with E-state index in [9.17, 15) is 18.5 Å². The minimum absolute atomic E-state index is 0.102. The van der Waals surface area contributed by atoms with Gasteiger partial charge in [-0.1, -0.05) is 12.1 Å². The quantitative estimate of drug-likeness (QED) is 0.612. The third-order valence-electron chi connectivity index (χ3n) is 4.43. The Bertz CT molecular complexity index is 843. The zero-order valence-corrected chi connectivity index (χ0v) is 15.0. The van der Waals surface area contributed by atoms with Crippen LogP contribution in [0.1, 0.15) is 17.7 Å². The maximum absolute atomic E-state index is 12.6. The lowest BCUT2D eigenvalue weighted by Gasteiger charge is -2.36. The topological polar surface area (TPSA) is 98.5 Å². The highest BCUT2D eigenvalue weighted by atomic mass is 32.2. The number of nitro benzene ring substituents is 1. The molecular formula is C16H18N2O5S2. The van der Waals surface area contributed by atoms with E-state index in [-0.39, 0.29) is 22.5 Å². The van der Waals surface area contributed by atoms with E-state index in [2.05, 4.69) is 4.72 Å². The third kappa shape index (κ3) is 3.90. The number of thiophene rings is 1. The maximum Gasteiger partial charge on any atom is 0.270 e. The van der Waals surface area contributed by atoms with Gasteiger partial charge < -0.3 is 4.74 Å². The third-order valence-corrected chi connectivity index (χ3v) is 6.95. The van der Waals surface area contributed by atoms with E-state index in [4.69, 9.17) is 4.74 Å². The SMILES string of the molecule is O=[N+]([O-])c1cccc(S(=O)(=O)NCC2(c3cccs3)CCOCC2)c1. The van der Waals surface area contributed by atoms with Gasteiger partial charge in [0.05, 0.1) is 9.82 Å². The Kier molecular flexibility index (Phi) is 5.19. The Labute approximate surface area is 149 Å². The number of nitrogens with one attached hydrogen (secondary N) is 1. The predicted molar refractivity (Wildman–Crippen MR) is 94.3 cm³/mol. The summed E-state index contributed by atoms with van der Waals surface area (Å²) in [5.74, 6) is 0. The lowest BCUT2D eigenvalue weighted by molar-refractivity contribution is -0.385. The molecule has 134 valence electrons. The van der Waals surface area contributed by atoms with E-state index < -0.39 is 14.9 Å². The molecule has 7 nitrogen and oxygen atoms in total. The smallest absolute Gasteiger partial charge is 0.270 e. The van der Waals surface area contributed by atoms with Crippen molar-refractivity contribution in [3.05, 3.63) is 56.8 Å². The van der Waals surface area contributed by atoms with Crippen LogP contribution in [0.15, 0.2) is 46.7 Å². The van der Waals surface area contributed by atoms with Crippen molar-refractivity contribution in [2.45, 2.75) is 23.2 Å². The lowest BCUT2D eigenvalue weighted by Crippen LogP contribution is -2.44. The number of benzene rings is 1. The van der Waals surface area contributed by atoms with Crippen molar-refractivity contribution in [2.75, 3.05) is 19.8 Å². The summed E-state index contributed by atoms with van der Waals surface area (Å²) in [6, 6.07) is 9.03. The first-order valence-electron chi connectivity index (χ1n) is 7.79. The van der Waals surface area contributed by atoms with Crippen molar-refractivity contribution in [3.63, 3.8) is 0 Å². The fourth-order valence-corrected chi connectivity index (χ4v) is 5.09. The maximum atomic E-state index is 12.6. The summed E-state index contributed by atoms with van der Waals surface area (Å²) in [5, 5.41) is 12.8. The van der Waals surface area contributed by atoms with Gasteiger partial charge in [-0.25, -0.2) is 13.1 Å². The Hall–Kier alpha value is -1.81. The van der Waals surface area contributed by atoms with Gasteiger partial charge in [0.1, 0.15) is 0 Å². The van der Waals surface area contributed by atoms with Crippen LogP contribution in [0.5, 0.6) is 0 Å². The molecule has 0 bridgehead atoms. The minimum atomic E-state index is -3.84. The summed E-state index contributed by atoms with van der Waals surface area (Å²) in [6.07, 6.45) is 1.45. The van der Waals surface area contributed by atoms with Gasteiger partial charge in [-0.05, 0) is 30.4 Å². The number of nitro groups is 1. The van der Waals surface area contributed by atoms with Gasteiger partial charge in [-0.3, -0.25) is 10.1 Å². The minimum Gasteiger partial charge on any atom is -0.381 e. The second-order valence-corrected chi connectivity index (χ2v) is 8.66. The molecule has 0 aliphatic carbocycles. The molecule has 1 aromatic carbocycles. The molecule has 1 aliphatic heterocycles. The number of rotatable bonds is 6. The first-order valence-corrected chi connectivity index (χ1v) is 10.2. The summed E-state index contributed by atoms with van der Waals surface area (Å²) in [7, 11) is -3.84. The second-order valence-electron chi connectivity index (χ2n) is 5.95. The van der Waals surface area contributed by atoms with Crippen molar-refractivity contribution < 1.29 is 18.1 Å². The molecular weight excluding hydrogens is 364 g/mol. The first-order chi connectivity index (χ1) is 11.9. The van der Waals surface area contributed by atoms with Gasteiger partial charge >= 0.3 is 0 Å². The highest BCUT2D eigenvalue weighted by Crippen LogP contribution is 2.37. The van der Waals surface area contributed by atoms with Crippen LogP contribution in [-0.4, -0.2) is 33.1 Å². The molecule has 3 rings (SSSR count). The number of nitrogens with zero attached hydrogens (tertiary/aromatic N) is 1. The summed E-state index contributed by atoms with van der Waals surface area (Å²) < 4.78 is 33.3. The van der Waals surface area contributed by atoms with Crippen LogP contribution in [-0.2, 0) is 20.2 Å². The molecule has 1 aliphatic rings. The van der Waals surface area contributed by atoms with Crippen molar-refractivity contribution in [3.8, 4) is 0 Å². The normalized spacial score (nSPS) is 17.3. The van der Waals surface area contributed by atoms with Gasteiger partial charge in [0.25, 0.3) is 5.69 Å². The van der Waals surface area contributed by atoms with E-state index in [0.717, 1.165) is 23.8 Å². The number of sulfonamides is 1. The standard InChI is InChI=1S/C16H18N2O5S2/c19-18(20)13-3-1-4-14(11-13)25(21,22)17-12-16(6-8-23-9-7-16)15-5-2-10-24-15/h1-5,10-11,17H,6-9,12H2. The molecule has 1 fully saturated rings. The Balaban J connectivity index is 1.83. The summed E-state index contributed by atoms with van der Waals surface area (Å²) in [4.78, 5) is 11.3. The zero-order valence-electron chi connectivity index (χ0n) is 13.4. The molecule has 9 heteroatoms. The predicted octanol–water partition coefficient (Wildman–Crippen LogP) is 2.68. The van der Waals surface area contributed by atoms with Gasteiger partial charge in [0.15, 0.2) is 0 Å². The second kappa shape index (κ2) is 7.20. The van der Waals surface area contributed by atoms with Crippen molar-refractivity contribution in [1.82, 2.24) is 4.72 Å². The van der Waals surface area contributed by atoms with Crippen LogP contribution in [0.2, 0.25) is 0 Å². The van der Waals surface area contributed by atoms with E-state index in [1.54, 1.807) is 11.3 Å².